The number of amides is 2. The maximum Gasteiger partial charge on any atom is 0.340 e. The van der Waals surface area contributed by atoms with Crippen LogP contribution in [0.3, 0.4) is 0 Å². The molecule has 4 rings (SSSR count). The second-order valence-corrected chi connectivity index (χ2v) is 10.4. The summed E-state index contributed by atoms with van der Waals surface area (Å²) >= 11 is 0. The minimum absolute atomic E-state index is 0.0164. The van der Waals surface area contributed by atoms with Gasteiger partial charge in [0, 0.05) is 30.9 Å². The molecule has 2 aromatic carbocycles. The van der Waals surface area contributed by atoms with Gasteiger partial charge in [0.05, 0.1) is 36.6 Å². The van der Waals surface area contributed by atoms with Gasteiger partial charge in [0.1, 0.15) is 0 Å². The number of carbonyl (C=O) groups is 3. The van der Waals surface area contributed by atoms with Gasteiger partial charge in [0.25, 0.3) is 11.8 Å². The van der Waals surface area contributed by atoms with Gasteiger partial charge in [-0.2, -0.15) is 4.31 Å². The molecule has 0 atom stereocenters. The minimum atomic E-state index is -3.58. The number of esters is 1. The van der Waals surface area contributed by atoms with Crippen LogP contribution in [0.2, 0.25) is 0 Å². The number of hydrogen-bond donors (Lipinski definition) is 2. The first kappa shape index (κ1) is 27.7. The lowest BCUT2D eigenvalue weighted by molar-refractivity contribution is -0.119. The number of rotatable bonds is 10. The van der Waals surface area contributed by atoms with Crippen LogP contribution in [0, 0.1) is 0 Å². The number of hydrogen-bond acceptors (Lipinski definition) is 9. The molecule has 39 heavy (non-hydrogen) atoms. The summed E-state index contributed by atoms with van der Waals surface area (Å²) in [7, 11) is -0.804. The van der Waals surface area contributed by atoms with E-state index >= 15 is 0 Å². The topological polar surface area (TPSA) is 153 Å². The molecule has 2 N–H and O–H groups in total. The zero-order valence-electron chi connectivity index (χ0n) is 21.3. The fourth-order valence-corrected chi connectivity index (χ4v) is 5.45. The van der Waals surface area contributed by atoms with E-state index in [-0.39, 0.29) is 33.4 Å². The van der Waals surface area contributed by atoms with Gasteiger partial charge in [-0.25, -0.2) is 13.2 Å². The van der Waals surface area contributed by atoms with E-state index in [1.807, 2.05) is 0 Å². The number of anilines is 2. The van der Waals surface area contributed by atoms with Crippen molar-refractivity contribution in [2.45, 2.75) is 17.7 Å². The summed E-state index contributed by atoms with van der Waals surface area (Å²) in [5.41, 5.74) is 0.292. The SMILES string of the molecule is COc1cc(NC(=O)c2ccco2)c(C(=O)OCC(=O)Nc2ccc(S(=O)(=O)N3CCCC3)cc2)cc1OC. The summed E-state index contributed by atoms with van der Waals surface area (Å²) in [4.78, 5) is 38.0. The van der Waals surface area contributed by atoms with Crippen molar-refractivity contribution in [2.75, 3.05) is 44.5 Å². The highest BCUT2D eigenvalue weighted by Gasteiger charge is 2.27. The minimum Gasteiger partial charge on any atom is -0.493 e. The predicted octanol–water partition coefficient (Wildman–Crippen LogP) is 3.13. The third-order valence-corrected chi connectivity index (χ3v) is 7.82. The molecule has 1 aliphatic heterocycles. The molecular weight excluding hydrogens is 530 g/mol. The van der Waals surface area contributed by atoms with Crippen molar-refractivity contribution in [3.8, 4) is 11.5 Å². The molecular formula is C26H27N3O9S. The summed E-state index contributed by atoms with van der Waals surface area (Å²) in [5.74, 6) is -1.71. The quantitative estimate of drug-likeness (QED) is 0.358. The molecule has 206 valence electrons. The van der Waals surface area contributed by atoms with E-state index in [0.717, 1.165) is 12.8 Å². The first-order chi connectivity index (χ1) is 18.7. The van der Waals surface area contributed by atoms with Crippen LogP contribution in [0.4, 0.5) is 11.4 Å². The van der Waals surface area contributed by atoms with E-state index in [0.29, 0.717) is 18.8 Å². The Bertz CT molecular complexity index is 1450. The Balaban J connectivity index is 1.42. The Labute approximate surface area is 224 Å². The highest BCUT2D eigenvalue weighted by Crippen LogP contribution is 2.34. The lowest BCUT2D eigenvalue weighted by Crippen LogP contribution is -2.27. The number of benzene rings is 2. The zero-order valence-corrected chi connectivity index (χ0v) is 22.1. The normalized spacial score (nSPS) is 13.5. The summed E-state index contributed by atoms with van der Waals surface area (Å²) in [6.07, 6.45) is 2.98. The first-order valence-corrected chi connectivity index (χ1v) is 13.3. The van der Waals surface area contributed by atoms with Gasteiger partial charge in [-0.05, 0) is 49.2 Å². The molecule has 1 saturated heterocycles. The van der Waals surface area contributed by atoms with Crippen LogP contribution >= 0.6 is 0 Å². The number of carbonyl (C=O) groups excluding carboxylic acids is 3. The number of nitrogens with zero attached hydrogens (tertiary/aromatic N) is 1. The van der Waals surface area contributed by atoms with E-state index in [4.69, 9.17) is 18.6 Å². The Morgan fingerprint density at radius 3 is 2.23 bits per heavy atom. The lowest BCUT2D eigenvalue weighted by Gasteiger charge is -2.16. The molecule has 3 aromatic rings. The molecule has 0 bridgehead atoms. The number of ether oxygens (including phenoxy) is 3. The van der Waals surface area contributed by atoms with Gasteiger partial charge in [-0.3, -0.25) is 9.59 Å². The fourth-order valence-electron chi connectivity index (χ4n) is 3.94. The standard InChI is InChI=1S/C26H27N3O9S/c1-35-22-14-19(20(15-23(22)36-2)28-25(31)21-6-5-13-37-21)26(32)38-16-24(30)27-17-7-9-18(10-8-17)39(33,34)29-11-3-4-12-29/h5-10,13-15H,3-4,11-12,16H2,1-2H3,(H,27,30)(H,28,31). The maximum atomic E-state index is 12.9. The highest BCUT2D eigenvalue weighted by atomic mass is 32.2. The largest absolute Gasteiger partial charge is 0.493 e. The monoisotopic (exact) mass is 557 g/mol. The maximum absolute atomic E-state index is 12.9. The zero-order chi connectivity index (χ0) is 28.0. The van der Waals surface area contributed by atoms with Crippen LogP contribution in [0.1, 0.15) is 33.8 Å². The third-order valence-electron chi connectivity index (χ3n) is 5.91. The summed E-state index contributed by atoms with van der Waals surface area (Å²) < 4.78 is 47.5. The second-order valence-electron chi connectivity index (χ2n) is 8.44. The van der Waals surface area contributed by atoms with Crippen molar-refractivity contribution >= 4 is 39.2 Å². The highest BCUT2D eigenvalue weighted by molar-refractivity contribution is 7.89. The molecule has 0 saturated carbocycles. The average Bonchev–Trinajstić information content (AvgIpc) is 3.67. The first-order valence-electron chi connectivity index (χ1n) is 11.9. The van der Waals surface area contributed by atoms with Crippen molar-refractivity contribution in [1.29, 1.82) is 0 Å². The van der Waals surface area contributed by atoms with E-state index in [1.165, 1.54) is 73.3 Å². The Morgan fingerprint density at radius 1 is 0.949 bits per heavy atom. The van der Waals surface area contributed by atoms with Gasteiger partial charge in [0.15, 0.2) is 23.9 Å². The van der Waals surface area contributed by atoms with Crippen molar-refractivity contribution in [2.24, 2.45) is 0 Å². The second kappa shape index (κ2) is 12.0. The molecule has 0 radical (unpaired) electrons. The average molecular weight is 558 g/mol. The van der Waals surface area contributed by atoms with Crippen molar-refractivity contribution in [1.82, 2.24) is 4.31 Å². The number of nitrogens with one attached hydrogen (secondary N) is 2. The molecule has 12 nitrogen and oxygen atoms in total. The third kappa shape index (κ3) is 6.38. The van der Waals surface area contributed by atoms with E-state index in [9.17, 15) is 22.8 Å². The van der Waals surface area contributed by atoms with Gasteiger partial charge in [-0.1, -0.05) is 0 Å². The molecule has 2 amide bonds. The number of furan rings is 1. The Hall–Kier alpha value is -4.36. The molecule has 13 heteroatoms. The van der Waals surface area contributed by atoms with Crippen LogP contribution < -0.4 is 20.1 Å². The van der Waals surface area contributed by atoms with Crippen LogP contribution in [-0.2, 0) is 19.6 Å². The molecule has 0 unspecified atom stereocenters. The molecule has 0 spiro atoms. The summed E-state index contributed by atoms with van der Waals surface area (Å²) in [5, 5.41) is 5.11. The molecule has 1 aliphatic rings. The van der Waals surface area contributed by atoms with Crippen LogP contribution in [-0.4, -0.2) is 64.4 Å². The fraction of sp³-hybridized carbons (Fsp3) is 0.269. The lowest BCUT2D eigenvalue weighted by atomic mass is 10.1. The Kier molecular flexibility index (Phi) is 8.52. The van der Waals surface area contributed by atoms with E-state index in [1.54, 1.807) is 0 Å². The molecule has 1 aromatic heterocycles. The van der Waals surface area contributed by atoms with Gasteiger partial charge in [0.2, 0.25) is 10.0 Å². The van der Waals surface area contributed by atoms with Gasteiger partial charge in [-0.15, -0.1) is 0 Å². The predicted molar refractivity (Wildman–Crippen MR) is 140 cm³/mol. The Morgan fingerprint density at radius 2 is 1.62 bits per heavy atom. The molecule has 2 heterocycles. The summed E-state index contributed by atoms with van der Waals surface area (Å²) in [6.45, 7) is 0.327. The van der Waals surface area contributed by atoms with Crippen LogP contribution in [0.15, 0.2) is 64.1 Å². The molecule has 0 aliphatic carbocycles. The van der Waals surface area contributed by atoms with E-state index < -0.39 is 34.4 Å². The smallest absolute Gasteiger partial charge is 0.340 e. The van der Waals surface area contributed by atoms with E-state index in [2.05, 4.69) is 10.6 Å². The van der Waals surface area contributed by atoms with Crippen molar-refractivity contribution < 1.29 is 41.4 Å². The summed E-state index contributed by atoms with van der Waals surface area (Å²) in [6, 6.07) is 11.4. The number of sulfonamides is 1. The van der Waals surface area contributed by atoms with Crippen LogP contribution in [0.25, 0.3) is 0 Å². The van der Waals surface area contributed by atoms with Crippen molar-refractivity contribution in [3.63, 3.8) is 0 Å². The number of methoxy groups -OCH3 is 2. The van der Waals surface area contributed by atoms with Crippen molar-refractivity contribution in [3.05, 3.63) is 66.1 Å². The molecule has 1 fully saturated rings. The van der Waals surface area contributed by atoms with Gasteiger partial charge >= 0.3 is 5.97 Å². The van der Waals surface area contributed by atoms with Crippen LogP contribution in [0.5, 0.6) is 11.5 Å². The van der Waals surface area contributed by atoms with Gasteiger partial charge < -0.3 is 29.3 Å².